The summed E-state index contributed by atoms with van der Waals surface area (Å²) < 4.78 is 4.84. The highest BCUT2D eigenvalue weighted by molar-refractivity contribution is 6.20. The Hall–Kier alpha value is -1.02. The molecule has 0 saturated heterocycles. The second-order valence-electron chi connectivity index (χ2n) is 3.63. The van der Waals surface area contributed by atoms with Crippen LogP contribution in [0.5, 0.6) is 0 Å². The van der Waals surface area contributed by atoms with Crippen LogP contribution in [-0.2, 0) is 16.0 Å². The first-order valence-electron chi connectivity index (χ1n) is 5.56. The summed E-state index contributed by atoms with van der Waals surface area (Å²) in [4.78, 5) is 11.1. The fraction of sp³-hybridized carbons (Fsp3) is 0.462. The lowest BCUT2D eigenvalue weighted by Crippen LogP contribution is -2.09. The van der Waals surface area contributed by atoms with Crippen molar-refractivity contribution in [1.29, 1.82) is 0 Å². The lowest BCUT2D eigenvalue weighted by Gasteiger charge is -2.08. The molecule has 0 spiro atoms. The third-order valence-electron chi connectivity index (χ3n) is 2.27. The smallest absolute Gasteiger partial charge is 0.305 e. The molecule has 0 aliphatic heterocycles. The van der Waals surface area contributed by atoms with E-state index in [-0.39, 0.29) is 11.3 Å². The van der Waals surface area contributed by atoms with Crippen molar-refractivity contribution in [2.24, 2.45) is 0 Å². The molecule has 16 heavy (non-hydrogen) atoms. The molecule has 0 aliphatic carbocycles. The van der Waals surface area contributed by atoms with E-state index in [4.69, 9.17) is 16.3 Å². The zero-order valence-corrected chi connectivity index (χ0v) is 10.2. The molecule has 1 atom stereocenters. The second-order valence-corrected chi connectivity index (χ2v) is 4.25. The molecule has 0 N–H and O–H groups in total. The van der Waals surface area contributed by atoms with Crippen molar-refractivity contribution in [3.05, 3.63) is 35.9 Å². The van der Waals surface area contributed by atoms with Gasteiger partial charge in [-0.25, -0.2) is 0 Å². The van der Waals surface area contributed by atoms with Gasteiger partial charge in [0.2, 0.25) is 0 Å². The minimum Gasteiger partial charge on any atom is -0.466 e. The van der Waals surface area contributed by atoms with E-state index in [1.807, 2.05) is 30.3 Å². The molecule has 0 radical (unpaired) electrons. The Bertz CT molecular complexity index is 311. The van der Waals surface area contributed by atoms with Crippen LogP contribution in [0.3, 0.4) is 0 Å². The maximum Gasteiger partial charge on any atom is 0.305 e. The summed E-state index contributed by atoms with van der Waals surface area (Å²) in [6.45, 7) is 2.24. The van der Waals surface area contributed by atoms with Crippen molar-refractivity contribution < 1.29 is 9.53 Å². The molecule has 0 saturated carbocycles. The normalized spacial score (nSPS) is 12.1. The number of hydrogen-bond donors (Lipinski definition) is 0. The maximum absolute atomic E-state index is 11.1. The zero-order valence-electron chi connectivity index (χ0n) is 9.49. The number of alkyl halides is 1. The molecule has 1 aromatic carbocycles. The second kappa shape index (κ2) is 7.29. The number of hydrogen-bond acceptors (Lipinski definition) is 2. The predicted octanol–water partition coefficient (Wildman–Crippen LogP) is 3.18. The molecule has 3 heteroatoms. The third-order valence-corrected chi connectivity index (χ3v) is 2.64. The topological polar surface area (TPSA) is 26.3 Å². The van der Waals surface area contributed by atoms with Gasteiger partial charge in [-0.2, -0.15) is 0 Å². The first-order chi connectivity index (χ1) is 7.72. The van der Waals surface area contributed by atoms with Crippen molar-refractivity contribution in [3.8, 4) is 0 Å². The summed E-state index contributed by atoms with van der Waals surface area (Å²) in [6.07, 6.45) is 1.85. The van der Waals surface area contributed by atoms with Crippen molar-refractivity contribution in [2.75, 3.05) is 6.61 Å². The predicted molar refractivity (Wildman–Crippen MR) is 65.7 cm³/mol. The summed E-state index contributed by atoms with van der Waals surface area (Å²) in [5.41, 5.74) is 1.20. The van der Waals surface area contributed by atoms with Crippen LogP contribution in [0.4, 0.5) is 0 Å². The summed E-state index contributed by atoms with van der Waals surface area (Å²) in [6, 6.07) is 10.0. The van der Waals surface area contributed by atoms with Gasteiger partial charge >= 0.3 is 5.97 Å². The van der Waals surface area contributed by atoms with Crippen LogP contribution in [0.2, 0.25) is 0 Å². The maximum atomic E-state index is 11.1. The van der Waals surface area contributed by atoms with Gasteiger partial charge in [-0.05, 0) is 25.3 Å². The first-order valence-corrected chi connectivity index (χ1v) is 5.99. The summed E-state index contributed by atoms with van der Waals surface area (Å²) in [5, 5.41) is -0.00759. The fourth-order valence-corrected chi connectivity index (χ4v) is 1.77. The number of carbonyl (C=O) groups is 1. The zero-order chi connectivity index (χ0) is 11.8. The minimum absolute atomic E-state index is 0.00759. The number of carbonyl (C=O) groups excluding carboxylic acids is 1. The van der Waals surface area contributed by atoms with Gasteiger partial charge in [0, 0.05) is 11.8 Å². The van der Waals surface area contributed by atoms with Crippen molar-refractivity contribution in [3.63, 3.8) is 0 Å². The van der Waals surface area contributed by atoms with Gasteiger partial charge in [0.25, 0.3) is 0 Å². The summed E-state index contributed by atoms with van der Waals surface area (Å²) >= 11 is 6.15. The average Bonchev–Trinajstić information content (AvgIpc) is 2.28. The molecule has 1 aromatic rings. The van der Waals surface area contributed by atoms with Gasteiger partial charge in [0.15, 0.2) is 0 Å². The highest BCUT2D eigenvalue weighted by Crippen LogP contribution is 2.13. The SMILES string of the molecule is CCOC(=O)CCC(Cl)Cc1ccccc1. The Kier molecular flexibility index (Phi) is 5.94. The van der Waals surface area contributed by atoms with Crippen LogP contribution in [0.15, 0.2) is 30.3 Å². The van der Waals surface area contributed by atoms with E-state index in [0.717, 1.165) is 6.42 Å². The lowest BCUT2D eigenvalue weighted by molar-refractivity contribution is -0.143. The molecule has 0 aromatic heterocycles. The molecule has 1 rings (SSSR count). The van der Waals surface area contributed by atoms with Crippen LogP contribution < -0.4 is 0 Å². The van der Waals surface area contributed by atoms with Crippen LogP contribution in [-0.4, -0.2) is 18.0 Å². The van der Waals surface area contributed by atoms with Gasteiger partial charge < -0.3 is 4.74 Å². The molecule has 0 aliphatic rings. The summed E-state index contributed by atoms with van der Waals surface area (Å²) in [5.74, 6) is -0.166. The first kappa shape index (κ1) is 13.0. The number of rotatable bonds is 6. The highest BCUT2D eigenvalue weighted by atomic mass is 35.5. The minimum atomic E-state index is -0.166. The molecule has 1 unspecified atom stereocenters. The Morgan fingerprint density at radius 1 is 1.38 bits per heavy atom. The highest BCUT2D eigenvalue weighted by Gasteiger charge is 2.09. The van der Waals surface area contributed by atoms with Crippen LogP contribution in [0.25, 0.3) is 0 Å². The van der Waals surface area contributed by atoms with Gasteiger partial charge in [-0.3, -0.25) is 4.79 Å². The number of esters is 1. The van der Waals surface area contributed by atoms with E-state index in [1.54, 1.807) is 6.92 Å². The molecular formula is C13H17ClO2. The number of halogens is 1. The molecule has 0 heterocycles. The van der Waals surface area contributed by atoms with Crippen molar-refractivity contribution in [1.82, 2.24) is 0 Å². The monoisotopic (exact) mass is 240 g/mol. The standard InChI is InChI=1S/C13H17ClO2/c1-2-16-13(15)9-8-12(14)10-11-6-4-3-5-7-11/h3-7,12H,2,8-10H2,1H3. The van der Waals surface area contributed by atoms with Gasteiger partial charge in [0.05, 0.1) is 6.61 Å². The van der Waals surface area contributed by atoms with E-state index in [2.05, 4.69) is 0 Å². The third kappa shape index (κ3) is 5.17. The molecule has 0 fully saturated rings. The van der Waals surface area contributed by atoms with Gasteiger partial charge in [-0.1, -0.05) is 30.3 Å². The molecule has 0 bridgehead atoms. The lowest BCUT2D eigenvalue weighted by atomic mass is 10.1. The van der Waals surface area contributed by atoms with Crippen LogP contribution >= 0.6 is 11.6 Å². The van der Waals surface area contributed by atoms with Gasteiger partial charge in [-0.15, -0.1) is 11.6 Å². The fourth-order valence-electron chi connectivity index (χ4n) is 1.48. The average molecular weight is 241 g/mol. The van der Waals surface area contributed by atoms with Crippen molar-refractivity contribution in [2.45, 2.75) is 31.6 Å². The molecule has 88 valence electrons. The number of ether oxygens (including phenoxy) is 1. The van der Waals surface area contributed by atoms with Gasteiger partial charge in [0.1, 0.15) is 0 Å². The van der Waals surface area contributed by atoms with Crippen molar-refractivity contribution >= 4 is 17.6 Å². The quantitative estimate of drug-likeness (QED) is 0.564. The van der Waals surface area contributed by atoms with E-state index >= 15 is 0 Å². The van der Waals surface area contributed by atoms with E-state index in [1.165, 1.54) is 5.56 Å². The summed E-state index contributed by atoms with van der Waals surface area (Å²) in [7, 11) is 0. The Balaban J connectivity index is 2.26. The van der Waals surface area contributed by atoms with E-state index in [9.17, 15) is 4.79 Å². The van der Waals surface area contributed by atoms with Crippen LogP contribution in [0, 0.1) is 0 Å². The molecular weight excluding hydrogens is 224 g/mol. The Labute approximate surface area is 102 Å². The molecule has 2 nitrogen and oxygen atoms in total. The van der Waals surface area contributed by atoms with E-state index in [0.29, 0.717) is 19.4 Å². The van der Waals surface area contributed by atoms with Crippen LogP contribution in [0.1, 0.15) is 25.3 Å². The largest absolute Gasteiger partial charge is 0.466 e. The molecule has 0 amide bonds. The Morgan fingerprint density at radius 3 is 2.69 bits per heavy atom. The Morgan fingerprint density at radius 2 is 2.06 bits per heavy atom. The number of benzene rings is 1. The van der Waals surface area contributed by atoms with E-state index < -0.39 is 0 Å².